The smallest absolute Gasteiger partial charge is 0.264 e. The Balaban J connectivity index is 0.923. The highest BCUT2D eigenvalue weighted by molar-refractivity contribution is 6.72. The molecule has 0 aromatic heterocycles. The summed E-state index contributed by atoms with van der Waals surface area (Å²) >= 11 is 0. The average Bonchev–Trinajstić information content (AvgIpc) is 4.07. The minimum Gasteiger partial charge on any atom is -0.394 e. The van der Waals surface area contributed by atoms with Gasteiger partial charge in [-0.3, -0.25) is 29.0 Å². The van der Waals surface area contributed by atoms with Gasteiger partial charge in [0, 0.05) is 46.3 Å². The third kappa shape index (κ3) is 8.00. The number of para-hydroxylation sites is 2. The van der Waals surface area contributed by atoms with E-state index in [0.29, 0.717) is 82.0 Å². The Morgan fingerprint density at radius 2 is 1.24 bits per heavy atom. The van der Waals surface area contributed by atoms with Gasteiger partial charge in [0.2, 0.25) is 14.3 Å². The average molecular weight is 1030 g/mol. The molecule has 3 N–H and O–H groups in total. The molecule has 7 heterocycles. The van der Waals surface area contributed by atoms with E-state index in [0.717, 1.165) is 46.8 Å². The van der Waals surface area contributed by atoms with E-state index in [1.807, 2.05) is 132 Å². The van der Waals surface area contributed by atoms with Crippen molar-refractivity contribution in [3.05, 3.63) is 150 Å². The topological polar surface area (TPSA) is 141 Å². The highest BCUT2D eigenvalue weighted by Gasteiger charge is 2.67. The fraction of sp³-hybridized carbons (Fsp3) is 0.424. The molecule has 5 atom stereocenters. The number of benzene rings is 5. The summed E-state index contributed by atoms with van der Waals surface area (Å²) in [5.41, 5.74) is 3.30. The molecular weight excluding hydrogens is 964 g/mol. The molecule has 390 valence electrons. The summed E-state index contributed by atoms with van der Waals surface area (Å²) in [4.78, 5) is 72.2. The van der Waals surface area contributed by atoms with E-state index in [4.69, 9.17) is 4.74 Å². The van der Waals surface area contributed by atoms with Crippen LogP contribution in [-0.4, -0.2) is 111 Å². The van der Waals surface area contributed by atoms with E-state index in [1.54, 1.807) is 22.9 Å². The van der Waals surface area contributed by atoms with Crippen LogP contribution in [0.4, 0.5) is 32.5 Å². The summed E-state index contributed by atoms with van der Waals surface area (Å²) in [6, 6.07) is 41.1. The Hall–Kier alpha value is -6.43. The molecule has 5 fully saturated rings. The molecule has 0 saturated carbocycles. The van der Waals surface area contributed by atoms with Crippen LogP contribution in [0.1, 0.15) is 61.3 Å². The quantitative estimate of drug-likeness (QED) is 0.0972. The molecule has 16 heteroatoms. The number of carbonyl (C=O) groups is 4. The Morgan fingerprint density at radius 3 is 1.81 bits per heavy atom. The highest BCUT2D eigenvalue weighted by atomic mass is 28.4. The van der Waals surface area contributed by atoms with Crippen molar-refractivity contribution in [3.8, 4) is 0 Å². The summed E-state index contributed by atoms with van der Waals surface area (Å²) in [5, 5.41) is 17.5. The number of hydrogen-bond acceptors (Lipinski definition) is 10. The number of carbonyl (C=O) groups excluding carboxylic acids is 4. The lowest BCUT2D eigenvalue weighted by atomic mass is 9.82. The number of rotatable bonds is 10. The molecule has 75 heavy (non-hydrogen) atoms. The first-order valence-corrected chi connectivity index (χ1v) is 29.8. The van der Waals surface area contributed by atoms with Gasteiger partial charge in [0.1, 0.15) is 11.1 Å². The van der Waals surface area contributed by atoms with E-state index in [1.165, 1.54) is 0 Å². The monoisotopic (exact) mass is 1030 g/mol. The number of nitrogens with zero attached hydrogens (tertiary/aromatic N) is 6. The molecule has 4 amide bonds. The van der Waals surface area contributed by atoms with Crippen molar-refractivity contribution in [1.29, 1.82) is 0 Å². The number of anilines is 5. The Labute approximate surface area is 439 Å². The van der Waals surface area contributed by atoms with E-state index in [-0.39, 0.29) is 43.2 Å². The predicted molar refractivity (Wildman–Crippen MR) is 291 cm³/mol. The Bertz CT molecular complexity index is 3020. The van der Waals surface area contributed by atoms with Gasteiger partial charge in [0.05, 0.1) is 50.7 Å². The molecule has 0 radical (unpaired) electrons. The molecule has 5 aromatic carbocycles. The number of piperidine rings is 2. The third-order valence-electron chi connectivity index (χ3n) is 18.0. The van der Waals surface area contributed by atoms with Crippen LogP contribution in [0.2, 0.25) is 18.6 Å². The summed E-state index contributed by atoms with van der Waals surface area (Å²) in [7, 11) is -3.73. The fourth-order valence-electron chi connectivity index (χ4n) is 14.2. The minimum atomic E-state index is -3.73. The number of fused-ring (bicyclic) bond motifs is 3. The lowest BCUT2D eigenvalue weighted by Gasteiger charge is -2.39. The number of amides is 4. The number of hydrogen-bond donors (Lipinski definition) is 3. The first-order valence-electron chi connectivity index (χ1n) is 26.9. The standard InChI is InChI=1S/C59H67FN8O6Si/c1-40-53(75(2,3)60)51(34-52(70)63-36-43-15-11-10-14-42(43)32-48(63)37-69)74-59(40)49-33-47(66-39-68(45-18-8-5-9-19-45)58(55(66)72)25-29-62-30-26-58)21-22-50(49)64(56(59)73)35-41-13-12-20-46(31-41)65-38-67(44-16-6-4-7-17-44)57(54(65)71)23-27-61-28-24-57/h4-22,31,33,40,48,51,53,61-62,69H,23-30,32,34-39H2,1-3H3/t40-,48+,51+,53-,59+/m1/s1. The van der Waals surface area contributed by atoms with Crippen LogP contribution in [0.3, 0.4) is 0 Å². The number of aliphatic hydroxyl groups excluding tert-OH is 1. The first kappa shape index (κ1) is 49.4. The third-order valence-corrected chi connectivity index (χ3v) is 20.4. The summed E-state index contributed by atoms with van der Waals surface area (Å²) < 4.78 is 24.6. The van der Waals surface area contributed by atoms with Gasteiger partial charge in [-0.25, -0.2) is 0 Å². The molecule has 14 nitrogen and oxygen atoms in total. The normalized spacial score (nSPS) is 26.1. The van der Waals surface area contributed by atoms with Crippen LogP contribution in [0.25, 0.3) is 0 Å². The van der Waals surface area contributed by atoms with Crippen LogP contribution in [0.15, 0.2) is 127 Å². The lowest BCUT2D eigenvalue weighted by molar-refractivity contribution is -0.151. The summed E-state index contributed by atoms with van der Waals surface area (Å²) in [6.45, 7) is 8.86. The van der Waals surface area contributed by atoms with Gasteiger partial charge in [0.15, 0.2) is 5.60 Å². The molecule has 0 aliphatic carbocycles. The molecule has 0 bridgehead atoms. The molecule has 12 rings (SSSR count). The van der Waals surface area contributed by atoms with Crippen molar-refractivity contribution in [2.24, 2.45) is 5.92 Å². The maximum absolute atomic E-state index is 17.4. The predicted octanol–water partition coefficient (Wildman–Crippen LogP) is 7.21. The maximum atomic E-state index is 17.4. The molecule has 5 aromatic rings. The zero-order chi connectivity index (χ0) is 51.9. The van der Waals surface area contributed by atoms with E-state index >= 15 is 13.7 Å². The number of halogens is 1. The van der Waals surface area contributed by atoms with Crippen molar-refractivity contribution >= 4 is 60.5 Å². The van der Waals surface area contributed by atoms with Gasteiger partial charge in [0.25, 0.3) is 17.7 Å². The first-order chi connectivity index (χ1) is 36.3. The molecule has 0 unspecified atom stereocenters. The SMILES string of the molecule is C[C@@H]1[C@@H]([Si](C)(C)F)[C@H](CC(=O)N2Cc3ccccc3C[C@H]2CO)O[C@@]12C(=O)N(Cc1cccc(N3CN(c4ccccc4)C4(CCNCC4)C3=O)c1)c1ccc(N3CN(c4ccccc4)C4(CCNCC4)C3=O)cc12. The Kier molecular flexibility index (Phi) is 12.5. The largest absolute Gasteiger partial charge is 0.394 e. The number of aliphatic hydroxyl groups is 1. The molecule has 5 saturated heterocycles. The van der Waals surface area contributed by atoms with Crippen LogP contribution < -0.4 is 35.1 Å². The molecule has 7 aliphatic rings. The second kappa shape index (κ2) is 19.0. The Morgan fingerprint density at radius 1 is 0.693 bits per heavy atom. The van der Waals surface area contributed by atoms with Gasteiger partial charge in [-0.05, 0) is 143 Å². The van der Waals surface area contributed by atoms with Crippen molar-refractivity contribution in [3.63, 3.8) is 0 Å². The van der Waals surface area contributed by atoms with E-state index in [9.17, 15) is 14.7 Å². The number of nitrogens with one attached hydrogen (secondary N) is 2. The zero-order valence-electron chi connectivity index (χ0n) is 43.1. The van der Waals surface area contributed by atoms with Crippen molar-refractivity contribution in [2.45, 2.75) is 106 Å². The van der Waals surface area contributed by atoms with E-state index in [2.05, 4.69) is 32.6 Å². The molecule has 3 spiro atoms. The molecule has 7 aliphatic heterocycles. The fourth-order valence-corrected chi connectivity index (χ4v) is 16.7. The second-order valence-corrected chi connectivity index (χ2v) is 26.2. The maximum Gasteiger partial charge on any atom is 0.264 e. The van der Waals surface area contributed by atoms with Gasteiger partial charge >= 0.3 is 0 Å². The van der Waals surface area contributed by atoms with Crippen molar-refractivity contribution in [1.82, 2.24) is 15.5 Å². The summed E-state index contributed by atoms with van der Waals surface area (Å²) in [6.07, 6.45) is 1.94. The van der Waals surface area contributed by atoms with Crippen LogP contribution in [-0.2, 0) is 49.0 Å². The van der Waals surface area contributed by atoms with Gasteiger partial charge in [-0.1, -0.05) is 79.7 Å². The van der Waals surface area contributed by atoms with Gasteiger partial charge in [-0.2, -0.15) is 0 Å². The zero-order valence-corrected chi connectivity index (χ0v) is 44.1. The van der Waals surface area contributed by atoms with Crippen LogP contribution >= 0.6 is 0 Å². The second-order valence-electron chi connectivity index (χ2n) is 22.4. The van der Waals surface area contributed by atoms with Crippen molar-refractivity contribution in [2.75, 3.05) is 70.6 Å². The van der Waals surface area contributed by atoms with Gasteiger partial charge in [-0.15, -0.1) is 0 Å². The van der Waals surface area contributed by atoms with Crippen molar-refractivity contribution < 1.29 is 33.1 Å². The lowest BCUT2D eigenvalue weighted by Crippen LogP contribution is -2.55. The number of ether oxygens (including phenoxy) is 1. The highest BCUT2D eigenvalue weighted by Crippen LogP contribution is 2.61. The summed E-state index contributed by atoms with van der Waals surface area (Å²) in [5.74, 6) is -1.31. The minimum absolute atomic E-state index is 0.0195. The van der Waals surface area contributed by atoms with E-state index < -0.39 is 48.7 Å². The van der Waals surface area contributed by atoms with Gasteiger partial charge < -0.3 is 44.2 Å². The van der Waals surface area contributed by atoms with Crippen LogP contribution in [0, 0.1) is 5.92 Å². The van der Waals surface area contributed by atoms with Crippen LogP contribution in [0.5, 0.6) is 0 Å². The molecular formula is C59H67FN8O6Si.